The number of H-pyrrole nitrogens is 1. The molecule has 5 rings (SSSR count). The highest BCUT2D eigenvalue weighted by Gasteiger charge is 2.29. The van der Waals surface area contributed by atoms with Crippen molar-refractivity contribution in [3.63, 3.8) is 0 Å². The lowest BCUT2D eigenvalue weighted by Crippen LogP contribution is -2.35. The normalized spacial score (nSPS) is 16.6. The zero-order valence-electron chi connectivity index (χ0n) is 15.8. The molecule has 7 heteroatoms. The van der Waals surface area contributed by atoms with Gasteiger partial charge in [-0.25, -0.2) is 13.8 Å². The van der Waals surface area contributed by atoms with E-state index in [1.807, 2.05) is 6.07 Å². The molecule has 1 aliphatic carbocycles. The molecule has 0 saturated heterocycles. The SMILES string of the molecule is O=c1[nH]c(C2CC2)nc2c1CN(Cc1ccc(-c3cc(F)ccc3F)nc1)CC2. The van der Waals surface area contributed by atoms with E-state index >= 15 is 0 Å². The summed E-state index contributed by atoms with van der Waals surface area (Å²) in [6.07, 6.45) is 4.64. The quantitative estimate of drug-likeness (QED) is 0.735. The van der Waals surface area contributed by atoms with Gasteiger partial charge in [0.2, 0.25) is 0 Å². The number of nitrogens with one attached hydrogen (secondary N) is 1. The number of benzene rings is 1. The topological polar surface area (TPSA) is 61.9 Å². The van der Waals surface area contributed by atoms with Crippen molar-refractivity contribution in [1.82, 2.24) is 19.9 Å². The number of aromatic nitrogens is 3. The van der Waals surface area contributed by atoms with E-state index in [1.54, 1.807) is 12.3 Å². The molecule has 5 nitrogen and oxygen atoms in total. The highest BCUT2D eigenvalue weighted by atomic mass is 19.1. The summed E-state index contributed by atoms with van der Waals surface area (Å²) in [5, 5.41) is 0. The second kappa shape index (κ2) is 7.15. The molecule has 0 radical (unpaired) electrons. The van der Waals surface area contributed by atoms with E-state index in [1.165, 1.54) is 0 Å². The second-order valence-electron chi connectivity index (χ2n) is 7.79. The zero-order chi connectivity index (χ0) is 20.0. The lowest BCUT2D eigenvalue weighted by molar-refractivity contribution is 0.241. The number of hydrogen-bond donors (Lipinski definition) is 1. The molecule has 1 aliphatic heterocycles. The fourth-order valence-electron chi connectivity index (χ4n) is 3.81. The van der Waals surface area contributed by atoms with Gasteiger partial charge in [0.25, 0.3) is 5.56 Å². The Morgan fingerprint density at radius 1 is 1.17 bits per heavy atom. The molecule has 0 bridgehead atoms. The number of rotatable bonds is 4. The highest BCUT2D eigenvalue weighted by Crippen LogP contribution is 2.37. The van der Waals surface area contributed by atoms with Gasteiger partial charge in [-0.15, -0.1) is 0 Å². The largest absolute Gasteiger partial charge is 0.310 e. The molecule has 3 aromatic rings. The summed E-state index contributed by atoms with van der Waals surface area (Å²) in [6, 6.07) is 6.90. The van der Waals surface area contributed by atoms with Crippen molar-refractivity contribution in [1.29, 1.82) is 0 Å². The lowest BCUT2D eigenvalue weighted by atomic mass is 10.1. The number of hydrogen-bond acceptors (Lipinski definition) is 4. The number of nitrogens with zero attached hydrogens (tertiary/aromatic N) is 3. The van der Waals surface area contributed by atoms with Crippen molar-refractivity contribution in [2.24, 2.45) is 0 Å². The summed E-state index contributed by atoms with van der Waals surface area (Å²) in [5.41, 5.74) is 3.12. The molecule has 1 aromatic carbocycles. The molecule has 1 fully saturated rings. The third-order valence-corrected chi connectivity index (χ3v) is 5.57. The Morgan fingerprint density at radius 3 is 2.79 bits per heavy atom. The first-order valence-electron chi connectivity index (χ1n) is 9.81. The monoisotopic (exact) mass is 394 g/mol. The van der Waals surface area contributed by atoms with Crippen LogP contribution in [0, 0.1) is 11.6 Å². The fraction of sp³-hybridized carbons (Fsp3) is 0.318. The van der Waals surface area contributed by atoms with Crippen LogP contribution in [0.3, 0.4) is 0 Å². The summed E-state index contributed by atoms with van der Waals surface area (Å²) >= 11 is 0. The Morgan fingerprint density at radius 2 is 2.03 bits per heavy atom. The Balaban J connectivity index is 1.31. The first kappa shape index (κ1) is 18.1. The van der Waals surface area contributed by atoms with Crippen molar-refractivity contribution >= 4 is 0 Å². The molecule has 1 saturated carbocycles. The second-order valence-corrected chi connectivity index (χ2v) is 7.79. The first-order valence-corrected chi connectivity index (χ1v) is 9.81. The van der Waals surface area contributed by atoms with Crippen molar-refractivity contribution in [3.8, 4) is 11.3 Å². The Bertz CT molecular complexity index is 1120. The Kier molecular flexibility index (Phi) is 4.47. The summed E-state index contributed by atoms with van der Waals surface area (Å²) in [5.74, 6) is 0.268. The van der Waals surface area contributed by atoms with Crippen molar-refractivity contribution in [2.45, 2.75) is 38.3 Å². The molecule has 1 N–H and O–H groups in total. The standard InChI is InChI=1S/C22H20F2N4O/c23-15-4-5-18(24)16(9-15)19-6-1-13(10-25-19)11-28-8-7-20-17(12-28)22(29)27-21(26-20)14-2-3-14/h1,4-6,9-10,14H,2-3,7-8,11-12H2,(H,26,27,29). The van der Waals surface area contributed by atoms with Crippen LogP contribution in [-0.2, 0) is 19.5 Å². The predicted molar refractivity (Wildman–Crippen MR) is 104 cm³/mol. The van der Waals surface area contributed by atoms with Crippen LogP contribution < -0.4 is 5.56 Å². The van der Waals surface area contributed by atoms with Gasteiger partial charge in [0.1, 0.15) is 17.5 Å². The van der Waals surface area contributed by atoms with Gasteiger partial charge >= 0.3 is 0 Å². The minimum Gasteiger partial charge on any atom is -0.310 e. The zero-order valence-corrected chi connectivity index (χ0v) is 15.8. The van der Waals surface area contributed by atoms with Crippen LogP contribution in [-0.4, -0.2) is 26.4 Å². The summed E-state index contributed by atoms with van der Waals surface area (Å²) < 4.78 is 27.3. The van der Waals surface area contributed by atoms with Gasteiger partial charge < -0.3 is 4.98 Å². The van der Waals surface area contributed by atoms with Crippen LogP contribution in [0.1, 0.15) is 41.4 Å². The van der Waals surface area contributed by atoms with Crippen LogP contribution >= 0.6 is 0 Å². The predicted octanol–water partition coefficient (Wildman–Crippen LogP) is 3.55. The number of halogens is 2. The lowest BCUT2D eigenvalue weighted by Gasteiger charge is -2.27. The summed E-state index contributed by atoms with van der Waals surface area (Å²) in [6.45, 7) is 1.99. The van der Waals surface area contributed by atoms with Crippen molar-refractivity contribution in [2.75, 3.05) is 6.54 Å². The van der Waals surface area contributed by atoms with Crippen LogP contribution in [0.25, 0.3) is 11.3 Å². The molecule has 0 amide bonds. The molecule has 0 unspecified atom stereocenters. The van der Waals surface area contributed by atoms with Gasteiger partial charge in [-0.05, 0) is 42.7 Å². The van der Waals surface area contributed by atoms with Gasteiger partial charge in [-0.1, -0.05) is 6.07 Å². The minimum atomic E-state index is -0.503. The van der Waals surface area contributed by atoms with E-state index in [4.69, 9.17) is 0 Å². The van der Waals surface area contributed by atoms with Crippen molar-refractivity contribution in [3.05, 3.63) is 81.2 Å². The molecular weight excluding hydrogens is 374 g/mol. The highest BCUT2D eigenvalue weighted by molar-refractivity contribution is 5.59. The Labute approximate surface area is 166 Å². The number of aromatic amines is 1. The fourth-order valence-corrected chi connectivity index (χ4v) is 3.81. The molecule has 2 aliphatic rings. The van der Waals surface area contributed by atoms with Crippen LogP contribution in [0.4, 0.5) is 8.78 Å². The van der Waals surface area contributed by atoms with E-state index in [0.717, 1.165) is 66.7 Å². The minimum absolute atomic E-state index is 0.0309. The molecule has 2 aromatic heterocycles. The van der Waals surface area contributed by atoms with Gasteiger partial charge in [-0.3, -0.25) is 14.7 Å². The van der Waals surface area contributed by atoms with E-state index < -0.39 is 11.6 Å². The maximum Gasteiger partial charge on any atom is 0.255 e. The van der Waals surface area contributed by atoms with Crippen LogP contribution in [0.2, 0.25) is 0 Å². The Hall–Kier alpha value is -2.93. The molecule has 29 heavy (non-hydrogen) atoms. The molecule has 0 spiro atoms. The average molecular weight is 394 g/mol. The maximum atomic E-state index is 13.9. The van der Waals surface area contributed by atoms with Gasteiger partial charge in [0, 0.05) is 43.7 Å². The third kappa shape index (κ3) is 3.70. The molecule has 148 valence electrons. The summed E-state index contributed by atoms with van der Waals surface area (Å²) in [4.78, 5) is 26.6. The first-order chi connectivity index (χ1) is 14.1. The summed E-state index contributed by atoms with van der Waals surface area (Å²) in [7, 11) is 0. The number of pyridine rings is 1. The number of fused-ring (bicyclic) bond motifs is 1. The average Bonchev–Trinajstić information content (AvgIpc) is 3.56. The smallest absolute Gasteiger partial charge is 0.255 e. The molecular formula is C22H20F2N4O. The van der Waals surface area contributed by atoms with E-state index in [0.29, 0.717) is 24.7 Å². The van der Waals surface area contributed by atoms with E-state index in [2.05, 4.69) is 19.9 Å². The molecule has 0 atom stereocenters. The van der Waals surface area contributed by atoms with E-state index in [-0.39, 0.29) is 11.1 Å². The maximum absolute atomic E-state index is 13.9. The van der Waals surface area contributed by atoms with Crippen LogP contribution in [0.15, 0.2) is 41.3 Å². The third-order valence-electron chi connectivity index (χ3n) is 5.57. The van der Waals surface area contributed by atoms with Crippen LogP contribution in [0.5, 0.6) is 0 Å². The van der Waals surface area contributed by atoms with Crippen molar-refractivity contribution < 1.29 is 8.78 Å². The van der Waals surface area contributed by atoms with Gasteiger partial charge in [-0.2, -0.15) is 0 Å². The molecule has 3 heterocycles. The van der Waals surface area contributed by atoms with Gasteiger partial charge in [0.05, 0.1) is 17.0 Å². The van der Waals surface area contributed by atoms with Gasteiger partial charge in [0.15, 0.2) is 0 Å². The van der Waals surface area contributed by atoms with E-state index in [9.17, 15) is 13.6 Å².